The van der Waals surface area contributed by atoms with Crippen LogP contribution in [0.15, 0.2) is 71.6 Å². The second-order valence-electron chi connectivity index (χ2n) is 7.10. The van der Waals surface area contributed by atoms with Crippen molar-refractivity contribution in [1.29, 1.82) is 0 Å². The highest BCUT2D eigenvalue weighted by atomic mass is 35.5. The number of methoxy groups -OCH3 is 1. The molecular weight excluding hydrogens is 455 g/mol. The predicted octanol–water partition coefficient (Wildman–Crippen LogP) is 4.59. The van der Waals surface area contributed by atoms with Crippen LogP contribution in [0, 0.1) is 5.82 Å². The molecule has 0 bridgehead atoms. The third kappa shape index (κ3) is 5.03. The monoisotopic (exact) mass is 476 g/mol. The zero-order valence-corrected chi connectivity index (χ0v) is 19.3. The van der Waals surface area contributed by atoms with E-state index in [1.54, 1.807) is 43.4 Å². The summed E-state index contributed by atoms with van der Waals surface area (Å²) in [5.74, 6) is -0.226. The summed E-state index contributed by atoms with van der Waals surface area (Å²) in [5, 5.41) is 0.131. The van der Waals surface area contributed by atoms with Crippen molar-refractivity contribution in [2.45, 2.75) is 11.4 Å². The molecule has 9 heteroatoms. The number of benzene rings is 3. The first-order valence-electron chi connectivity index (χ1n) is 9.56. The second-order valence-corrected chi connectivity index (χ2v) is 9.48. The average Bonchev–Trinajstić information content (AvgIpc) is 2.79. The Hall–Kier alpha value is -3.10. The van der Waals surface area contributed by atoms with E-state index in [0.29, 0.717) is 11.4 Å². The van der Waals surface area contributed by atoms with Gasteiger partial charge in [-0.2, -0.15) is 0 Å². The molecule has 3 aromatic carbocycles. The van der Waals surface area contributed by atoms with Gasteiger partial charge in [-0.3, -0.25) is 9.10 Å². The van der Waals surface area contributed by atoms with Crippen LogP contribution >= 0.6 is 11.6 Å². The number of rotatable bonds is 7. The molecule has 0 aliphatic carbocycles. The Morgan fingerprint density at radius 2 is 1.62 bits per heavy atom. The summed E-state index contributed by atoms with van der Waals surface area (Å²) in [6, 6.07) is 16.3. The first-order valence-corrected chi connectivity index (χ1v) is 11.4. The van der Waals surface area contributed by atoms with Crippen molar-refractivity contribution in [3.05, 3.63) is 88.7 Å². The molecule has 0 fully saturated rings. The maximum absolute atomic E-state index is 13.2. The molecule has 3 rings (SSSR count). The average molecular weight is 477 g/mol. The van der Waals surface area contributed by atoms with Crippen molar-refractivity contribution in [3.63, 3.8) is 0 Å². The van der Waals surface area contributed by atoms with Gasteiger partial charge in [-0.15, -0.1) is 0 Å². The molecule has 0 aliphatic rings. The summed E-state index contributed by atoms with van der Waals surface area (Å²) < 4.78 is 45.7. The molecule has 0 saturated heterocycles. The van der Waals surface area contributed by atoms with E-state index in [9.17, 15) is 17.6 Å². The summed E-state index contributed by atoms with van der Waals surface area (Å²) in [7, 11) is 0.557. The molecule has 0 spiro atoms. The highest BCUT2D eigenvalue weighted by Crippen LogP contribution is 2.27. The van der Waals surface area contributed by atoms with Crippen molar-refractivity contribution >= 4 is 33.2 Å². The molecule has 0 saturated carbocycles. The van der Waals surface area contributed by atoms with Gasteiger partial charge in [0.1, 0.15) is 11.6 Å². The molecule has 0 aliphatic heterocycles. The van der Waals surface area contributed by atoms with Crippen LogP contribution in [0.5, 0.6) is 5.75 Å². The van der Waals surface area contributed by atoms with Crippen LogP contribution in [0.1, 0.15) is 15.9 Å². The number of anilines is 1. The van der Waals surface area contributed by atoms with Gasteiger partial charge >= 0.3 is 0 Å². The Bertz CT molecular complexity index is 1220. The topological polar surface area (TPSA) is 66.9 Å². The number of carbonyl (C=O) groups is 1. The Morgan fingerprint density at radius 1 is 1.00 bits per heavy atom. The Labute approximate surface area is 191 Å². The van der Waals surface area contributed by atoms with Gasteiger partial charge in [-0.1, -0.05) is 23.7 Å². The first-order chi connectivity index (χ1) is 15.1. The zero-order chi connectivity index (χ0) is 23.5. The summed E-state index contributed by atoms with van der Waals surface area (Å²) >= 11 is 6.22. The van der Waals surface area contributed by atoms with Gasteiger partial charge < -0.3 is 9.64 Å². The van der Waals surface area contributed by atoms with Crippen molar-refractivity contribution in [3.8, 4) is 5.75 Å². The van der Waals surface area contributed by atoms with E-state index in [1.165, 1.54) is 49.4 Å². The quantitative estimate of drug-likeness (QED) is 0.500. The van der Waals surface area contributed by atoms with E-state index >= 15 is 0 Å². The maximum Gasteiger partial charge on any atom is 0.264 e. The Morgan fingerprint density at radius 3 is 2.22 bits per heavy atom. The lowest BCUT2D eigenvalue weighted by Crippen LogP contribution is -2.28. The highest BCUT2D eigenvalue weighted by molar-refractivity contribution is 7.92. The number of hydrogen-bond acceptors (Lipinski definition) is 4. The lowest BCUT2D eigenvalue weighted by Gasteiger charge is -2.21. The van der Waals surface area contributed by atoms with Crippen LogP contribution in [0.4, 0.5) is 10.1 Å². The number of carbonyl (C=O) groups excluding carboxylic acids is 1. The zero-order valence-electron chi connectivity index (χ0n) is 17.7. The van der Waals surface area contributed by atoms with Crippen molar-refractivity contribution in [2.24, 2.45) is 0 Å². The molecule has 0 unspecified atom stereocenters. The van der Waals surface area contributed by atoms with Gasteiger partial charge in [0.2, 0.25) is 0 Å². The van der Waals surface area contributed by atoms with Crippen LogP contribution in [-0.2, 0) is 16.6 Å². The first kappa shape index (κ1) is 23.6. The van der Waals surface area contributed by atoms with Gasteiger partial charge in [0.15, 0.2) is 0 Å². The molecule has 168 valence electrons. The number of amides is 1. The minimum Gasteiger partial charge on any atom is -0.497 e. The van der Waals surface area contributed by atoms with E-state index in [2.05, 4.69) is 0 Å². The van der Waals surface area contributed by atoms with Gasteiger partial charge in [-0.05, 0) is 60.2 Å². The van der Waals surface area contributed by atoms with Crippen LogP contribution in [0.2, 0.25) is 5.02 Å². The van der Waals surface area contributed by atoms with Crippen molar-refractivity contribution < 1.29 is 22.3 Å². The second kappa shape index (κ2) is 9.58. The van der Waals surface area contributed by atoms with E-state index in [0.717, 1.165) is 9.87 Å². The minimum absolute atomic E-state index is 0.0560. The van der Waals surface area contributed by atoms with E-state index < -0.39 is 15.9 Å². The molecule has 32 heavy (non-hydrogen) atoms. The lowest BCUT2D eigenvalue weighted by molar-refractivity contribution is 0.0785. The fourth-order valence-corrected chi connectivity index (χ4v) is 4.48. The molecule has 0 heterocycles. The Balaban J connectivity index is 1.87. The van der Waals surface area contributed by atoms with Crippen molar-refractivity contribution in [1.82, 2.24) is 4.90 Å². The highest BCUT2D eigenvalue weighted by Gasteiger charge is 2.25. The predicted molar refractivity (Wildman–Crippen MR) is 122 cm³/mol. The summed E-state index contributed by atoms with van der Waals surface area (Å²) in [6.45, 7) is 0.207. The standard InChI is InChI=1S/C23H22ClFN2O4S/c1-26(15-16-4-6-17(25)7-5-16)23(28)21-14-20(12-13-22(21)24)32(29,30)27(2)18-8-10-19(31-3)11-9-18/h4-14H,15H2,1-3H3. The summed E-state index contributed by atoms with van der Waals surface area (Å²) in [5.41, 5.74) is 1.21. The van der Waals surface area contributed by atoms with E-state index in [4.69, 9.17) is 16.3 Å². The molecular formula is C23H22ClFN2O4S. The summed E-state index contributed by atoms with van der Waals surface area (Å²) in [4.78, 5) is 14.3. The Kier molecular flexibility index (Phi) is 7.06. The normalized spacial score (nSPS) is 11.2. The molecule has 3 aromatic rings. The largest absolute Gasteiger partial charge is 0.497 e. The molecule has 0 atom stereocenters. The number of sulfonamides is 1. The van der Waals surface area contributed by atoms with Crippen LogP contribution in [0.25, 0.3) is 0 Å². The lowest BCUT2D eigenvalue weighted by atomic mass is 10.1. The molecule has 0 aromatic heterocycles. The minimum atomic E-state index is -3.95. The fraction of sp³-hybridized carbons (Fsp3) is 0.174. The van der Waals surface area contributed by atoms with Crippen molar-refractivity contribution in [2.75, 3.05) is 25.5 Å². The smallest absolute Gasteiger partial charge is 0.264 e. The summed E-state index contributed by atoms with van der Waals surface area (Å²) in [6.07, 6.45) is 0. The molecule has 0 N–H and O–H groups in total. The van der Waals surface area contributed by atoms with Crippen LogP contribution < -0.4 is 9.04 Å². The number of ether oxygens (including phenoxy) is 1. The molecule has 6 nitrogen and oxygen atoms in total. The number of hydrogen-bond donors (Lipinski definition) is 0. The van der Waals surface area contributed by atoms with E-state index in [-0.39, 0.29) is 27.8 Å². The van der Waals surface area contributed by atoms with E-state index in [1.807, 2.05) is 0 Å². The SMILES string of the molecule is COc1ccc(N(C)S(=O)(=O)c2ccc(Cl)c(C(=O)N(C)Cc3ccc(F)cc3)c2)cc1. The fourth-order valence-electron chi connectivity index (χ4n) is 3.06. The van der Waals surface area contributed by atoms with Gasteiger partial charge in [0.05, 0.1) is 28.3 Å². The van der Waals surface area contributed by atoms with Crippen LogP contribution in [0.3, 0.4) is 0 Å². The molecule has 0 radical (unpaired) electrons. The van der Waals surface area contributed by atoms with Gasteiger partial charge in [-0.25, -0.2) is 12.8 Å². The third-order valence-electron chi connectivity index (χ3n) is 4.94. The van der Waals surface area contributed by atoms with Gasteiger partial charge in [0.25, 0.3) is 15.9 Å². The number of halogens is 2. The third-order valence-corrected chi connectivity index (χ3v) is 7.05. The maximum atomic E-state index is 13.2. The number of nitrogens with zero attached hydrogens (tertiary/aromatic N) is 2. The van der Waals surface area contributed by atoms with Crippen LogP contribution in [-0.4, -0.2) is 40.4 Å². The van der Waals surface area contributed by atoms with Gasteiger partial charge in [0, 0.05) is 20.6 Å². The molecule has 1 amide bonds.